The summed E-state index contributed by atoms with van der Waals surface area (Å²) in [6, 6.07) is 6.62. The maximum absolute atomic E-state index is 12.5. The van der Waals surface area contributed by atoms with Crippen LogP contribution < -0.4 is 0 Å². The highest BCUT2D eigenvalue weighted by molar-refractivity contribution is 7.89. The number of sulfonamides is 1. The molecule has 4 nitrogen and oxygen atoms in total. The molecule has 0 spiro atoms. The first-order chi connectivity index (χ1) is 9.05. The van der Waals surface area contributed by atoms with E-state index in [0.717, 1.165) is 16.5 Å². The van der Waals surface area contributed by atoms with Gasteiger partial charge in [-0.05, 0) is 31.9 Å². The van der Waals surface area contributed by atoms with Crippen molar-refractivity contribution in [1.82, 2.24) is 4.47 Å². The molecule has 0 saturated carbocycles. The van der Waals surface area contributed by atoms with Crippen molar-refractivity contribution >= 4 is 10.0 Å². The Morgan fingerprint density at radius 1 is 1.37 bits per heavy atom. The van der Waals surface area contributed by atoms with Crippen LogP contribution in [0.4, 0.5) is 0 Å². The summed E-state index contributed by atoms with van der Waals surface area (Å²) in [4.78, 5) is 5.58. The third kappa shape index (κ3) is 3.05. The number of allylic oxidation sites excluding steroid dienone is 1. The average Bonchev–Trinajstić information content (AvgIpc) is 2.86. The van der Waals surface area contributed by atoms with Crippen molar-refractivity contribution in [1.29, 1.82) is 0 Å². The quantitative estimate of drug-likeness (QED) is 0.797. The average molecular weight is 281 g/mol. The van der Waals surface area contributed by atoms with E-state index in [2.05, 4.69) is 0 Å². The van der Waals surface area contributed by atoms with Crippen molar-refractivity contribution in [3.63, 3.8) is 0 Å². The van der Waals surface area contributed by atoms with Crippen LogP contribution in [0.1, 0.15) is 25.3 Å². The molecule has 0 aromatic heterocycles. The highest BCUT2D eigenvalue weighted by Crippen LogP contribution is 2.25. The Bertz CT molecular complexity index is 549. The molecule has 0 aliphatic carbocycles. The molecule has 1 saturated heterocycles. The van der Waals surface area contributed by atoms with Crippen LogP contribution in [-0.2, 0) is 14.9 Å². The highest BCUT2D eigenvalue weighted by Gasteiger charge is 2.35. The van der Waals surface area contributed by atoms with E-state index in [0.29, 0.717) is 13.0 Å². The molecule has 0 N–H and O–H groups in total. The molecule has 0 amide bonds. The predicted molar refractivity (Wildman–Crippen MR) is 74.0 cm³/mol. The van der Waals surface area contributed by atoms with Crippen molar-refractivity contribution in [2.75, 3.05) is 6.61 Å². The van der Waals surface area contributed by atoms with E-state index >= 15 is 0 Å². The fourth-order valence-electron chi connectivity index (χ4n) is 1.99. The third-order valence-corrected chi connectivity index (χ3v) is 4.77. The molecule has 0 bridgehead atoms. The lowest BCUT2D eigenvalue weighted by atomic mass is 10.2. The summed E-state index contributed by atoms with van der Waals surface area (Å²) in [5, 5.41) is 0. The van der Waals surface area contributed by atoms with Gasteiger partial charge in [0.2, 0.25) is 0 Å². The standard InChI is InChI=1S/C14H19NO3S/c1-3-4-5-13-10-11-18-15(13)19(16,17)14-8-6-12(2)7-9-14/h4-9,13H,3,10-11H2,1-2H3/b5-4+. The summed E-state index contributed by atoms with van der Waals surface area (Å²) >= 11 is 0. The summed E-state index contributed by atoms with van der Waals surface area (Å²) in [5.41, 5.74) is 1.03. The Morgan fingerprint density at radius 2 is 2.05 bits per heavy atom. The molecule has 1 aliphatic rings. The summed E-state index contributed by atoms with van der Waals surface area (Å²) in [5.74, 6) is 0. The fraction of sp³-hybridized carbons (Fsp3) is 0.429. The molecule has 2 rings (SSSR count). The van der Waals surface area contributed by atoms with Gasteiger partial charge in [-0.15, -0.1) is 0 Å². The van der Waals surface area contributed by atoms with Crippen LogP contribution in [0.25, 0.3) is 0 Å². The van der Waals surface area contributed by atoms with Gasteiger partial charge in [-0.3, -0.25) is 4.84 Å². The second kappa shape index (κ2) is 5.86. The van der Waals surface area contributed by atoms with E-state index in [4.69, 9.17) is 4.84 Å². The minimum atomic E-state index is -3.58. The van der Waals surface area contributed by atoms with E-state index in [1.807, 2.05) is 26.0 Å². The topological polar surface area (TPSA) is 46.6 Å². The molecule has 1 unspecified atom stereocenters. The number of aryl methyl sites for hydroxylation is 1. The monoisotopic (exact) mass is 281 g/mol. The van der Waals surface area contributed by atoms with Crippen molar-refractivity contribution in [3.8, 4) is 0 Å². The maximum Gasteiger partial charge on any atom is 0.265 e. The van der Waals surface area contributed by atoms with Gasteiger partial charge in [0.1, 0.15) is 0 Å². The zero-order chi connectivity index (χ0) is 13.9. The Labute approximate surface area is 114 Å². The van der Waals surface area contributed by atoms with Gasteiger partial charge in [0, 0.05) is 0 Å². The number of nitrogens with zero attached hydrogens (tertiary/aromatic N) is 1. The van der Waals surface area contributed by atoms with Crippen LogP contribution >= 0.6 is 0 Å². The van der Waals surface area contributed by atoms with E-state index in [1.54, 1.807) is 24.3 Å². The van der Waals surface area contributed by atoms with Crippen LogP contribution in [0.2, 0.25) is 0 Å². The molecule has 1 aromatic carbocycles. The lowest BCUT2D eigenvalue weighted by Crippen LogP contribution is -2.33. The molecule has 1 heterocycles. The van der Waals surface area contributed by atoms with Gasteiger partial charge < -0.3 is 0 Å². The molecular weight excluding hydrogens is 262 g/mol. The lowest BCUT2D eigenvalue weighted by molar-refractivity contribution is -0.0410. The highest BCUT2D eigenvalue weighted by atomic mass is 32.2. The van der Waals surface area contributed by atoms with Gasteiger partial charge >= 0.3 is 0 Å². The molecule has 1 fully saturated rings. The number of benzene rings is 1. The Balaban J connectivity index is 2.28. The fourth-order valence-corrected chi connectivity index (χ4v) is 3.42. The summed E-state index contributed by atoms with van der Waals surface area (Å²) in [6.45, 7) is 4.38. The zero-order valence-corrected chi connectivity index (χ0v) is 12.1. The number of hydrogen-bond donors (Lipinski definition) is 0. The van der Waals surface area contributed by atoms with Crippen molar-refractivity contribution in [3.05, 3.63) is 42.0 Å². The Hall–Kier alpha value is -1.17. The summed E-state index contributed by atoms with van der Waals surface area (Å²) in [6.07, 6.45) is 5.45. The minimum absolute atomic E-state index is 0.203. The molecule has 104 valence electrons. The van der Waals surface area contributed by atoms with Gasteiger partial charge in [-0.1, -0.05) is 41.2 Å². The first kappa shape index (κ1) is 14.2. The van der Waals surface area contributed by atoms with Gasteiger partial charge in [-0.2, -0.15) is 0 Å². The van der Waals surface area contributed by atoms with E-state index in [1.165, 1.54) is 0 Å². The van der Waals surface area contributed by atoms with E-state index < -0.39 is 10.0 Å². The van der Waals surface area contributed by atoms with Gasteiger partial charge in [0.15, 0.2) is 0 Å². The minimum Gasteiger partial charge on any atom is -0.283 e. The normalized spacial score (nSPS) is 21.3. The van der Waals surface area contributed by atoms with E-state index in [9.17, 15) is 8.42 Å². The molecular formula is C14H19NO3S. The smallest absolute Gasteiger partial charge is 0.265 e. The van der Waals surface area contributed by atoms with Crippen LogP contribution in [0.15, 0.2) is 41.3 Å². The molecule has 19 heavy (non-hydrogen) atoms. The molecule has 1 aromatic rings. The van der Waals surface area contributed by atoms with Gasteiger partial charge in [-0.25, -0.2) is 8.42 Å². The predicted octanol–water partition coefficient (Wildman–Crippen LogP) is 2.66. The maximum atomic E-state index is 12.5. The van der Waals surface area contributed by atoms with Crippen molar-refractivity contribution < 1.29 is 13.3 Å². The number of hydrogen-bond acceptors (Lipinski definition) is 3. The van der Waals surface area contributed by atoms with Gasteiger partial charge in [0.05, 0.1) is 17.5 Å². The SMILES string of the molecule is CC/C=C/C1CCON1S(=O)(=O)c1ccc(C)cc1. The third-order valence-electron chi connectivity index (χ3n) is 3.05. The number of rotatable bonds is 4. The van der Waals surface area contributed by atoms with E-state index in [-0.39, 0.29) is 10.9 Å². The zero-order valence-electron chi connectivity index (χ0n) is 11.2. The summed E-state index contributed by atoms with van der Waals surface area (Å²) in [7, 11) is -3.58. The first-order valence-electron chi connectivity index (χ1n) is 6.46. The van der Waals surface area contributed by atoms with Crippen LogP contribution in [0.5, 0.6) is 0 Å². The first-order valence-corrected chi connectivity index (χ1v) is 7.90. The second-order valence-electron chi connectivity index (χ2n) is 4.60. The number of hydroxylamine groups is 1. The lowest BCUT2D eigenvalue weighted by Gasteiger charge is -2.19. The molecule has 5 heteroatoms. The van der Waals surface area contributed by atoms with Crippen LogP contribution in [-0.4, -0.2) is 25.5 Å². The summed E-state index contributed by atoms with van der Waals surface area (Å²) < 4.78 is 26.1. The Morgan fingerprint density at radius 3 is 2.68 bits per heavy atom. The van der Waals surface area contributed by atoms with Crippen LogP contribution in [0, 0.1) is 6.92 Å². The van der Waals surface area contributed by atoms with Crippen molar-refractivity contribution in [2.24, 2.45) is 0 Å². The molecule has 1 aliphatic heterocycles. The second-order valence-corrected chi connectivity index (χ2v) is 6.38. The van der Waals surface area contributed by atoms with Crippen molar-refractivity contribution in [2.45, 2.75) is 37.6 Å². The van der Waals surface area contributed by atoms with Gasteiger partial charge in [0.25, 0.3) is 10.0 Å². The molecule has 0 radical (unpaired) electrons. The van der Waals surface area contributed by atoms with Crippen LogP contribution in [0.3, 0.4) is 0 Å². The largest absolute Gasteiger partial charge is 0.283 e. The Kier molecular flexibility index (Phi) is 4.39. The molecule has 1 atom stereocenters.